The van der Waals surface area contributed by atoms with E-state index in [1.807, 2.05) is 48.5 Å². The Hall–Kier alpha value is -2.75. The fraction of sp³-hybridized carbons (Fsp3) is 0.118. The highest BCUT2D eigenvalue weighted by molar-refractivity contribution is 5.94. The molecule has 0 unspecified atom stereocenters. The lowest BCUT2D eigenvalue weighted by molar-refractivity contribution is 0.172. The maximum absolute atomic E-state index is 6.19. The van der Waals surface area contributed by atoms with Crippen LogP contribution >= 0.6 is 0 Å². The highest BCUT2D eigenvalue weighted by Crippen LogP contribution is 2.37. The van der Waals surface area contributed by atoms with Crippen molar-refractivity contribution in [2.24, 2.45) is 0 Å². The Kier molecular flexibility index (Phi) is 2.67. The number of anilines is 1. The minimum Gasteiger partial charge on any atom is -0.486 e. The van der Waals surface area contributed by atoms with Crippen LogP contribution < -0.4 is 15.2 Å². The van der Waals surface area contributed by atoms with Crippen LogP contribution in [0.25, 0.3) is 22.2 Å². The van der Waals surface area contributed by atoms with Crippen molar-refractivity contribution in [2.75, 3.05) is 18.9 Å². The van der Waals surface area contributed by atoms with Gasteiger partial charge >= 0.3 is 0 Å². The van der Waals surface area contributed by atoms with Crippen molar-refractivity contribution in [1.82, 2.24) is 4.98 Å². The Balaban J connectivity index is 1.93. The second-order valence-electron chi connectivity index (χ2n) is 4.98. The molecule has 0 spiro atoms. The molecular formula is C17H14N2O2. The molecule has 0 amide bonds. The second kappa shape index (κ2) is 4.66. The molecule has 1 aliphatic rings. The third kappa shape index (κ3) is 2.05. The van der Waals surface area contributed by atoms with Crippen molar-refractivity contribution in [3.63, 3.8) is 0 Å². The number of rotatable bonds is 1. The number of nitrogens with zero attached hydrogens (tertiary/aromatic N) is 1. The van der Waals surface area contributed by atoms with Gasteiger partial charge in [0.15, 0.2) is 11.5 Å². The molecule has 2 heterocycles. The van der Waals surface area contributed by atoms with Crippen molar-refractivity contribution in [1.29, 1.82) is 0 Å². The number of nitrogens with two attached hydrogens (primary N) is 1. The summed E-state index contributed by atoms with van der Waals surface area (Å²) in [5.41, 5.74) is 9.60. The summed E-state index contributed by atoms with van der Waals surface area (Å²) in [5, 5.41) is 0.888. The summed E-state index contributed by atoms with van der Waals surface area (Å²) < 4.78 is 11.2. The van der Waals surface area contributed by atoms with Crippen LogP contribution in [-0.2, 0) is 0 Å². The lowest BCUT2D eigenvalue weighted by Crippen LogP contribution is -2.15. The number of nitrogen functional groups attached to an aromatic ring is 1. The Labute approximate surface area is 122 Å². The van der Waals surface area contributed by atoms with Gasteiger partial charge in [0.25, 0.3) is 0 Å². The fourth-order valence-electron chi connectivity index (χ4n) is 2.55. The largest absolute Gasteiger partial charge is 0.486 e. The maximum Gasteiger partial charge on any atom is 0.163 e. The standard InChI is InChI=1S/C17H14N2O2/c18-13-9-14(11-4-2-1-3-5-11)19-15-10-17-16(8-12(13)15)20-6-7-21-17/h1-5,8-10H,6-7H2,(H2,18,19). The highest BCUT2D eigenvalue weighted by atomic mass is 16.6. The van der Waals surface area contributed by atoms with Gasteiger partial charge in [-0.1, -0.05) is 30.3 Å². The van der Waals surface area contributed by atoms with Crippen molar-refractivity contribution in [3.8, 4) is 22.8 Å². The van der Waals surface area contributed by atoms with Gasteiger partial charge in [-0.25, -0.2) is 4.98 Å². The fourth-order valence-corrected chi connectivity index (χ4v) is 2.55. The number of hydrogen-bond acceptors (Lipinski definition) is 4. The Morgan fingerprint density at radius 1 is 0.905 bits per heavy atom. The van der Waals surface area contributed by atoms with E-state index in [9.17, 15) is 0 Å². The van der Waals surface area contributed by atoms with Gasteiger partial charge in [-0.05, 0) is 12.1 Å². The molecule has 21 heavy (non-hydrogen) atoms. The van der Waals surface area contributed by atoms with E-state index in [0.717, 1.165) is 33.7 Å². The molecule has 4 nitrogen and oxygen atoms in total. The zero-order chi connectivity index (χ0) is 14.2. The Bertz CT molecular complexity index is 816. The first-order valence-corrected chi connectivity index (χ1v) is 6.86. The molecule has 1 aromatic heterocycles. The molecule has 104 valence electrons. The normalized spacial score (nSPS) is 13.3. The summed E-state index contributed by atoms with van der Waals surface area (Å²) in [6.45, 7) is 1.13. The first-order valence-electron chi connectivity index (χ1n) is 6.86. The van der Waals surface area contributed by atoms with Crippen LogP contribution in [0.1, 0.15) is 0 Å². The minimum absolute atomic E-state index is 0.562. The van der Waals surface area contributed by atoms with Gasteiger partial charge in [-0.3, -0.25) is 0 Å². The number of benzene rings is 2. The lowest BCUT2D eigenvalue weighted by atomic mass is 10.1. The van der Waals surface area contributed by atoms with E-state index < -0.39 is 0 Å². The van der Waals surface area contributed by atoms with Crippen molar-refractivity contribution < 1.29 is 9.47 Å². The second-order valence-corrected chi connectivity index (χ2v) is 4.98. The number of pyridine rings is 1. The van der Waals surface area contributed by atoms with E-state index in [2.05, 4.69) is 0 Å². The smallest absolute Gasteiger partial charge is 0.163 e. The van der Waals surface area contributed by atoms with Crippen LogP contribution in [0.5, 0.6) is 11.5 Å². The molecule has 2 N–H and O–H groups in total. The summed E-state index contributed by atoms with van der Waals surface area (Å²) in [5.74, 6) is 1.46. The third-order valence-electron chi connectivity index (χ3n) is 3.57. The third-order valence-corrected chi connectivity index (χ3v) is 3.57. The van der Waals surface area contributed by atoms with Crippen LogP contribution in [0.3, 0.4) is 0 Å². The first-order chi connectivity index (χ1) is 10.3. The topological polar surface area (TPSA) is 57.4 Å². The number of hydrogen-bond donors (Lipinski definition) is 1. The van der Waals surface area contributed by atoms with Crippen LogP contribution in [0.2, 0.25) is 0 Å². The average molecular weight is 278 g/mol. The monoisotopic (exact) mass is 278 g/mol. The van der Waals surface area contributed by atoms with Crippen LogP contribution in [0, 0.1) is 0 Å². The molecule has 0 fully saturated rings. The SMILES string of the molecule is Nc1cc(-c2ccccc2)nc2cc3c(cc12)OCCO3. The molecule has 0 aliphatic carbocycles. The van der Waals surface area contributed by atoms with E-state index in [1.165, 1.54) is 0 Å². The highest BCUT2D eigenvalue weighted by Gasteiger charge is 2.15. The van der Waals surface area contributed by atoms with E-state index in [0.29, 0.717) is 18.9 Å². The maximum atomic E-state index is 6.19. The average Bonchev–Trinajstić information content (AvgIpc) is 2.54. The van der Waals surface area contributed by atoms with Gasteiger partial charge in [-0.15, -0.1) is 0 Å². The number of aromatic nitrogens is 1. The summed E-state index contributed by atoms with van der Waals surface area (Å²) in [4.78, 5) is 4.70. The van der Waals surface area contributed by atoms with Gasteiger partial charge in [0.1, 0.15) is 13.2 Å². The first kappa shape index (κ1) is 12.0. The molecular weight excluding hydrogens is 264 g/mol. The molecule has 0 saturated heterocycles. The zero-order valence-electron chi connectivity index (χ0n) is 11.4. The van der Waals surface area contributed by atoms with E-state index in [-0.39, 0.29) is 0 Å². The van der Waals surface area contributed by atoms with Crippen molar-refractivity contribution in [2.45, 2.75) is 0 Å². The molecule has 4 heteroatoms. The van der Waals surface area contributed by atoms with E-state index >= 15 is 0 Å². The predicted octanol–water partition coefficient (Wildman–Crippen LogP) is 3.26. The molecule has 3 aromatic rings. The molecule has 0 bridgehead atoms. The van der Waals surface area contributed by atoms with Crippen LogP contribution in [-0.4, -0.2) is 18.2 Å². The molecule has 0 atom stereocenters. The number of ether oxygens (including phenoxy) is 2. The summed E-state index contributed by atoms with van der Waals surface area (Å²) in [6, 6.07) is 15.7. The van der Waals surface area contributed by atoms with Crippen LogP contribution in [0.15, 0.2) is 48.5 Å². The molecule has 2 aromatic carbocycles. The quantitative estimate of drug-likeness (QED) is 0.742. The van der Waals surface area contributed by atoms with Crippen molar-refractivity contribution in [3.05, 3.63) is 48.5 Å². The molecule has 0 radical (unpaired) electrons. The Morgan fingerprint density at radius 3 is 2.38 bits per heavy atom. The van der Waals surface area contributed by atoms with Gasteiger partial charge in [0, 0.05) is 22.7 Å². The summed E-state index contributed by atoms with van der Waals surface area (Å²) in [7, 11) is 0. The van der Waals surface area contributed by atoms with E-state index in [1.54, 1.807) is 0 Å². The van der Waals surface area contributed by atoms with Gasteiger partial charge < -0.3 is 15.2 Å². The minimum atomic E-state index is 0.562. The van der Waals surface area contributed by atoms with Gasteiger partial charge in [-0.2, -0.15) is 0 Å². The number of fused-ring (bicyclic) bond motifs is 2. The van der Waals surface area contributed by atoms with Crippen molar-refractivity contribution >= 4 is 16.6 Å². The molecule has 0 saturated carbocycles. The van der Waals surface area contributed by atoms with E-state index in [4.69, 9.17) is 20.2 Å². The summed E-state index contributed by atoms with van der Waals surface area (Å²) in [6.07, 6.45) is 0. The molecule has 4 rings (SSSR count). The Morgan fingerprint density at radius 2 is 1.62 bits per heavy atom. The molecule has 1 aliphatic heterocycles. The predicted molar refractivity (Wildman–Crippen MR) is 82.6 cm³/mol. The van der Waals surface area contributed by atoms with Gasteiger partial charge in [0.2, 0.25) is 0 Å². The van der Waals surface area contributed by atoms with Gasteiger partial charge in [0.05, 0.1) is 11.2 Å². The lowest BCUT2D eigenvalue weighted by Gasteiger charge is -2.19. The van der Waals surface area contributed by atoms with Crippen LogP contribution in [0.4, 0.5) is 5.69 Å². The zero-order valence-corrected chi connectivity index (χ0v) is 11.4. The summed E-state index contributed by atoms with van der Waals surface area (Å²) >= 11 is 0.